The standard InChI is InChI=1S/C12H20O2S/c1-11-6-8-14-12(11)10-15-9-5-3-2-4-7-13/h6,8,13H,2-5,7,9-10H2,1H3. The van der Waals surface area contributed by atoms with Gasteiger partial charge in [-0.05, 0) is 37.1 Å². The second-order valence-electron chi connectivity index (χ2n) is 3.72. The van der Waals surface area contributed by atoms with E-state index in [0.29, 0.717) is 6.61 Å². The minimum Gasteiger partial charge on any atom is -0.468 e. The maximum absolute atomic E-state index is 8.61. The highest BCUT2D eigenvalue weighted by molar-refractivity contribution is 7.98. The number of unbranched alkanes of at least 4 members (excludes halogenated alkanes) is 3. The summed E-state index contributed by atoms with van der Waals surface area (Å²) in [5.41, 5.74) is 1.25. The second-order valence-corrected chi connectivity index (χ2v) is 4.82. The zero-order valence-electron chi connectivity index (χ0n) is 9.37. The molecule has 0 spiro atoms. The molecule has 1 aromatic rings. The summed E-state index contributed by atoms with van der Waals surface area (Å²) in [6, 6.07) is 2.01. The summed E-state index contributed by atoms with van der Waals surface area (Å²) < 4.78 is 5.36. The van der Waals surface area contributed by atoms with Crippen LogP contribution >= 0.6 is 11.8 Å². The van der Waals surface area contributed by atoms with E-state index in [9.17, 15) is 0 Å². The molecular formula is C12H20O2S. The molecule has 15 heavy (non-hydrogen) atoms. The van der Waals surface area contributed by atoms with E-state index < -0.39 is 0 Å². The molecule has 0 bridgehead atoms. The van der Waals surface area contributed by atoms with Crippen molar-refractivity contribution < 1.29 is 9.52 Å². The Hall–Kier alpha value is -0.410. The summed E-state index contributed by atoms with van der Waals surface area (Å²) in [5.74, 6) is 3.28. The summed E-state index contributed by atoms with van der Waals surface area (Å²) in [4.78, 5) is 0. The molecular weight excluding hydrogens is 208 g/mol. The van der Waals surface area contributed by atoms with E-state index in [2.05, 4.69) is 6.92 Å². The molecule has 0 amide bonds. The van der Waals surface area contributed by atoms with E-state index in [1.807, 2.05) is 17.8 Å². The Labute approximate surface area is 96.1 Å². The van der Waals surface area contributed by atoms with E-state index in [1.165, 1.54) is 24.2 Å². The monoisotopic (exact) mass is 228 g/mol. The highest BCUT2D eigenvalue weighted by atomic mass is 32.2. The first-order valence-electron chi connectivity index (χ1n) is 5.56. The molecule has 3 heteroatoms. The summed E-state index contributed by atoms with van der Waals surface area (Å²) in [6.45, 7) is 2.42. The van der Waals surface area contributed by atoms with Crippen molar-refractivity contribution in [2.45, 2.75) is 38.4 Å². The lowest BCUT2D eigenvalue weighted by Crippen LogP contribution is -1.86. The van der Waals surface area contributed by atoms with Crippen molar-refractivity contribution in [2.75, 3.05) is 12.4 Å². The fourth-order valence-electron chi connectivity index (χ4n) is 1.39. The molecule has 0 unspecified atom stereocenters. The maximum atomic E-state index is 8.61. The molecule has 1 N–H and O–H groups in total. The van der Waals surface area contributed by atoms with Gasteiger partial charge in [0.25, 0.3) is 0 Å². The molecule has 0 saturated carbocycles. The molecule has 0 aromatic carbocycles. The number of rotatable bonds is 8. The van der Waals surface area contributed by atoms with Gasteiger partial charge in [-0.1, -0.05) is 12.8 Å². The molecule has 0 radical (unpaired) electrons. The molecule has 0 aliphatic carbocycles. The van der Waals surface area contributed by atoms with Crippen LogP contribution in [-0.2, 0) is 5.75 Å². The van der Waals surface area contributed by atoms with Gasteiger partial charge in [0.15, 0.2) is 0 Å². The SMILES string of the molecule is Cc1ccoc1CSCCCCCCO. The fraction of sp³-hybridized carbons (Fsp3) is 0.667. The smallest absolute Gasteiger partial charge is 0.116 e. The number of hydrogen-bond donors (Lipinski definition) is 1. The predicted octanol–water partition coefficient (Wildman–Crippen LogP) is 3.37. The first-order chi connectivity index (χ1) is 7.34. The molecule has 1 aromatic heterocycles. The molecule has 0 aliphatic heterocycles. The predicted molar refractivity (Wildman–Crippen MR) is 65.2 cm³/mol. The molecule has 86 valence electrons. The van der Waals surface area contributed by atoms with Crippen molar-refractivity contribution in [1.82, 2.24) is 0 Å². The van der Waals surface area contributed by atoms with Crippen molar-refractivity contribution in [3.05, 3.63) is 23.7 Å². The van der Waals surface area contributed by atoms with E-state index in [1.54, 1.807) is 6.26 Å². The van der Waals surface area contributed by atoms with E-state index >= 15 is 0 Å². The Kier molecular flexibility index (Phi) is 6.60. The summed E-state index contributed by atoms with van der Waals surface area (Å²) in [5, 5.41) is 8.61. The molecule has 1 heterocycles. The summed E-state index contributed by atoms with van der Waals surface area (Å²) in [7, 11) is 0. The topological polar surface area (TPSA) is 33.4 Å². The van der Waals surface area contributed by atoms with Crippen molar-refractivity contribution in [2.24, 2.45) is 0 Å². The highest BCUT2D eigenvalue weighted by Crippen LogP contribution is 2.18. The Morgan fingerprint density at radius 1 is 1.27 bits per heavy atom. The Bertz CT molecular complexity index is 258. The number of aliphatic hydroxyl groups is 1. The molecule has 0 fully saturated rings. The van der Waals surface area contributed by atoms with Gasteiger partial charge in [-0.15, -0.1) is 0 Å². The van der Waals surface area contributed by atoms with Crippen LogP contribution in [-0.4, -0.2) is 17.5 Å². The lowest BCUT2D eigenvalue weighted by atomic mass is 10.2. The van der Waals surface area contributed by atoms with Gasteiger partial charge >= 0.3 is 0 Å². The van der Waals surface area contributed by atoms with E-state index in [4.69, 9.17) is 9.52 Å². The molecule has 2 nitrogen and oxygen atoms in total. The third-order valence-electron chi connectivity index (χ3n) is 2.40. The van der Waals surface area contributed by atoms with Gasteiger partial charge in [0.2, 0.25) is 0 Å². The Morgan fingerprint density at radius 2 is 2.07 bits per heavy atom. The largest absolute Gasteiger partial charge is 0.468 e. The van der Waals surface area contributed by atoms with Gasteiger partial charge in [-0.3, -0.25) is 0 Å². The lowest BCUT2D eigenvalue weighted by Gasteiger charge is -2.00. The van der Waals surface area contributed by atoms with Crippen LogP contribution in [0.1, 0.15) is 37.0 Å². The average molecular weight is 228 g/mol. The van der Waals surface area contributed by atoms with Gasteiger partial charge in [0.1, 0.15) is 5.76 Å². The molecule has 0 saturated heterocycles. The van der Waals surface area contributed by atoms with Crippen LogP contribution in [0, 0.1) is 6.92 Å². The summed E-state index contributed by atoms with van der Waals surface area (Å²) >= 11 is 1.93. The maximum Gasteiger partial charge on any atom is 0.116 e. The van der Waals surface area contributed by atoms with E-state index in [0.717, 1.165) is 24.4 Å². The van der Waals surface area contributed by atoms with Gasteiger partial charge < -0.3 is 9.52 Å². The van der Waals surface area contributed by atoms with Crippen LogP contribution in [0.4, 0.5) is 0 Å². The quantitative estimate of drug-likeness (QED) is 0.692. The van der Waals surface area contributed by atoms with Crippen molar-refractivity contribution in [3.8, 4) is 0 Å². The molecule has 0 atom stereocenters. The van der Waals surface area contributed by atoms with Gasteiger partial charge in [-0.2, -0.15) is 11.8 Å². The van der Waals surface area contributed by atoms with E-state index in [-0.39, 0.29) is 0 Å². The van der Waals surface area contributed by atoms with Crippen LogP contribution in [0.15, 0.2) is 16.7 Å². The first-order valence-corrected chi connectivity index (χ1v) is 6.71. The minimum absolute atomic E-state index is 0.332. The van der Waals surface area contributed by atoms with Crippen LogP contribution in [0.3, 0.4) is 0 Å². The highest BCUT2D eigenvalue weighted by Gasteiger charge is 2.00. The lowest BCUT2D eigenvalue weighted by molar-refractivity contribution is 0.283. The summed E-state index contributed by atoms with van der Waals surface area (Å²) in [6.07, 6.45) is 6.32. The van der Waals surface area contributed by atoms with Crippen molar-refractivity contribution in [3.63, 3.8) is 0 Å². The third kappa shape index (κ3) is 5.28. The van der Waals surface area contributed by atoms with Gasteiger partial charge in [0.05, 0.1) is 12.0 Å². The van der Waals surface area contributed by atoms with Crippen LogP contribution in [0.25, 0.3) is 0 Å². The zero-order valence-corrected chi connectivity index (χ0v) is 10.2. The van der Waals surface area contributed by atoms with Gasteiger partial charge in [0, 0.05) is 6.61 Å². The van der Waals surface area contributed by atoms with Crippen LogP contribution in [0.2, 0.25) is 0 Å². The van der Waals surface area contributed by atoms with Crippen LogP contribution < -0.4 is 0 Å². The van der Waals surface area contributed by atoms with Crippen molar-refractivity contribution >= 4 is 11.8 Å². The third-order valence-corrected chi connectivity index (χ3v) is 3.44. The number of aryl methyl sites for hydroxylation is 1. The average Bonchev–Trinajstić information content (AvgIpc) is 2.63. The molecule has 1 rings (SSSR count). The number of hydrogen-bond acceptors (Lipinski definition) is 3. The molecule has 0 aliphatic rings. The first kappa shape index (κ1) is 12.7. The minimum atomic E-state index is 0.332. The van der Waals surface area contributed by atoms with Gasteiger partial charge in [-0.25, -0.2) is 0 Å². The van der Waals surface area contributed by atoms with Crippen LogP contribution in [0.5, 0.6) is 0 Å². The second kappa shape index (κ2) is 7.83. The number of furan rings is 1. The Morgan fingerprint density at radius 3 is 2.73 bits per heavy atom. The number of thioether (sulfide) groups is 1. The fourth-order valence-corrected chi connectivity index (χ4v) is 2.42. The zero-order chi connectivity index (χ0) is 10.9. The Balaban J connectivity index is 1.96. The van der Waals surface area contributed by atoms with Crippen molar-refractivity contribution in [1.29, 1.82) is 0 Å². The number of aliphatic hydroxyl groups excluding tert-OH is 1. The normalized spacial score (nSPS) is 10.8.